The molecule has 0 aliphatic carbocycles. The maximum atomic E-state index is 11.6. The maximum absolute atomic E-state index is 11.6. The molecule has 1 aromatic rings. The SMILES string of the molecule is CCC(C)N(CC(=O)O)c1nccc(C)c1C(N)=O. The zero-order valence-electron chi connectivity index (χ0n) is 11.4. The molecule has 0 saturated carbocycles. The molecule has 1 unspecified atom stereocenters. The number of aliphatic carboxylic acids is 1. The van der Waals surface area contributed by atoms with Gasteiger partial charge in [0.2, 0.25) is 0 Å². The number of anilines is 1. The summed E-state index contributed by atoms with van der Waals surface area (Å²) in [7, 11) is 0. The number of hydrogen-bond donors (Lipinski definition) is 2. The quantitative estimate of drug-likeness (QED) is 0.805. The van der Waals surface area contributed by atoms with Crippen LogP contribution in [0.5, 0.6) is 0 Å². The molecule has 0 aliphatic heterocycles. The van der Waals surface area contributed by atoms with Crippen LogP contribution in [0.3, 0.4) is 0 Å². The van der Waals surface area contributed by atoms with Crippen LogP contribution in [0.4, 0.5) is 5.82 Å². The number of nitrogens with zero attached hydrogens (tertiary/aromatic N) is 2. The van der Waals surface area contributed by atoms with Crippen LogP contribution >= 0.6 is 0 Å². The lowest BCUT2D eigenvalue weighted by atomic mass is 10.1. The van der Waals surface area contributed by atoms with Crippen molar-refractivity contribution in [3.63, 3.8) is 0 Å². The zero-order valence-corrected chi connectivity index (χ0v) is 11.4. The molecule has 0 saturated heterocycles. The number of nitrogens with two attached hydrogens (primary N) is 1. The normalized spacial score (nSPS) is 11.9. The molecule has 1 heterocycles. The highest BCUT2D eigenvalue weighted by molar-refractivity contribution is 5.99. The third-order valence-corrected chi connectivity index (χ3v) is 3.09. The van der Waals surface area contributed by atoms with E-state index >= 15 is 0 Å². The molecule has 0 aromatic carbocycles. The Hall–Kier alpha value is -2.11. The Kier molecular flexibility index (Phi) is 4.86. The van der Waals surface area contributed by atoms with E-state index in [0.717, 1.165) is 6.42 Å². The van der Waals surface area contributed by atoms with Crippen molar-refractivity contribution >= 4 is 17.7 Å². The van der Waals surface area contributed by atoms with Gasteiger partial charge in [0, 0.05) is 12.2 Å². The number of rotatable bonds is 6. The summed E-state index contributed by atoms with van der Waals surface area (Å²) in [4.78, 5) is 28.3. The number of carboxylic acids is 1. The van der Waals surface area contributed by atoms with E-state index in [-0.39, 0.29) is 18.2 Å². The van der Waals surface area contributed by atoms with Crippen molar-refractivity contribution in [2.45, 2.75) is 33.2 Å². The number of aromatic nitrogens is 1. The molecule has 0 fully saturated rings. The van der Waals surface area contributed by atoms with Crippen LogP contribution < -0.4 is 10.6 Å². The standard InChI is InChI=1S/C13H19N3O3/c1-4-9(3)16(7-10(17)18)13-11(12(14)19)8(2)5-6-15-13/h5-6,9H,4,7H2,1-3H3,(H2,14,19)(H,17,18). The van der Waals surface area contributed by atoms with Crippen LogP contribution in [0, 0.1) is 6.92 Å². The first kappa shape index (κ1) is 14.9. The van der Waals surface area contributed by atoms with Gasteiger partial charge in [-0.25, -0.2) is 4.98 Å². The second-order valence-corrected chi connectivity index (χ2v) is 4.47. The third-order valence-electron chi connectivity index (χ3n) is 3.09. The highest BCUT2D eigenvalue weighted by atomic mass is 16.4. The van der Waals surface area contributed by atoms with Crippen LogP contribution in [0.25, 0.3) is 0 Å². The number of pyridine rings is 1. The van der Waals surface area contributed by atoms with Crippen LogP contribution in [0.2, 0.25) is 0 Å². The van der Waals surface area contributed by atoms with Gasteiger partial charge in [-0.3, -0.25) is 9.59 Å². The Bertz CT molecular complexity index is 488. The molecule has 1 atom stereocenters. The van der Waals surface area contributed by atoms with Gasteiger partial charge in [0.05, 0.1) is 5.56 Å². The number of carboxylic acid groups (broad SMARTS) is 1. The van der Waals surface area contributed by atoms with Gasteiger partial charge in [0.1, 0.15) is 12.4 Å². The maximum Gasteiger partial charge on any atom is 0.323 e. The lowest BCUT2D eigenvalue weighted by Crippen LogP contribution is -2.39. The molecule has 0 bridgehead atoms. The molecular weight excluding hydrogens is 246 g/mol. The summed E-state index contributed by atoms with van der Waals surface area (Å²) in [6.45, 7) is 5.36. The smallest absolute Gasteiger partial charge is 0.323 e. The molecule has 1 amide bonds. The summed E-state index contributed by atoms with van der Waals surface area (Å²) < 4.78 is 0. The summed E-state index contributed by atoms with van der Waals surface area (Å²) >= 11 is 0. The Morgan fingerprint density at radius 2 is 2.16 bits per heavy atom. The topological polar surface area (TPSA) is 96.5 Å². The van der Waals surface area contributed by atoms with Crippen LogP contribution in [-0.2, 0) is 4.79 Å². The van der Waals surface area contributed by atoms with E-state index in [4.69, 9.17) is 10.8 Å². The third kappa shape index (κ3) is 3.43. The molecule has 1 aromatic heterocycles. The number of carbonyl (C=O) groups is 2. The fourth-order valence-electron chi connectivity index (χ4n) is 1.87. The fraction of sp³-hybridized carbons (Fsp3) is 0.462. The Labute approximate surface area is 112 Å². The fourth-order valence-corrected chi connectivity index (χ4v) is 1.87. The minimum atomic E-state index is -0.973. The molecule has 1 rings (SSSR count). The molecule has 0 aliphatic rings. The van der Waals surface area contributed by atoms with E-state index < -0.39 is 11.9 Å². The van der Waals surface area contributed by atoms with Gasteiger partial charge in [-0.15, -0.1) is 0 Å². The molecule has 3 N–H and O–H groups in total. The van der Waals surface area contributed by atoms with E-state index in [1.54, 1.807) is 24.1 Å². The molecule has 19 heavy (non-hydrogen) atoms. The van der Waals surface area contributed by atoms with E-state index in [0.29, 0.717) is 11.4 Å². The summed E-state index contributed by atoms with van der Waals surface area (Å²) in [5.41, 5.74) is 6.35. The van der Waals surface area contributed by atoms with Crippen molar-refractivity contribution < 1.29 is 14.7 Å². The van der Waals surface area contributed by atoms with E-state index in [2.05, 4.69) is 4.98 Å². The van der Waals surface area contributed by atoms with Gasteiger partial charge in [-0.1, -0.05) is 6.92 Å². The van der Waals surface area contributed by atoms with Crippen molar-refractivity contribution in [2.24, 2.45) is 5.73 Å². The van der Waals surface area contributed by atoms with E-state index in [9.17, 15) is 9.59 Å². The number of aryl methyl sites for hydroxylation is 1. The highest BCUT2D eigenvalue weighted by Crippen LogP contribution is 2.23. The lowest BCUT2D eigenvalue weighted by molar-refractivity contribution is -0.135. The Morgan fingerprint density at radius 3 is 2.63 bits per heavy atom. The molecule has 0 radical (unpaired) electrons. The van der Waals surface area contributed by atoms with Gasteiger partial charge in [0.15, 0.2) is 0 Å². The molecule has 104 valence electrons. The van der Waals surface area contributed by atoms with Gasteiger partial charge in [0.25, 0.3) is 5.91 Å². The average molecular weight is 265 g/mol. The van der Waals surface area contributed by atoms with Crippen LogP contribution in [0.1, 0.15) is 36.2 Å². The first-order valence-corrected chi connectivity index (χ1v) is 6.12. The van der Waals surface area contributed by atoms with Gasteiger partial charge >= 0.3 is 5.97 Å². The highest BCUT2D eigenvalue weighted by Gasteiger charge is 2.23. The second-order valence-electron chi connectivity index (χ2n) is 4.47. The molecule has 6 heteroatoms. The predicted octanol–water partition coefficient (Wildman–Crippen LogP) is 1.18. The summed E-state index contributed by atoms with van der Waals surface area (Å²) in [6.07, 6.45) is 2.29. The number of hydrogen-bond acceptors (Lipinski definition) is 4. The monoisotopic (exact) mass is 265 g/mol. The van der Waals surface area contributed by atoms with Crippen LogP contribution in [0.15, 0.2) is 12.3 Å². The van der Waals surface area contributed by atoms with Crippen molar-refractivity contribution in [1.29, 1.82) is 0 Å². The predicted molar refractivity (Wildman–Crippen MR) is 72.2 cm³/mol. The zero-order chi connectivity index (χ0) is 14.6. The Morgan fingerprint density at radius 1 is 1.53 bits per heavy atom. The lowest BCUT2D eigenvalue weighted by Gasteiger charge is -2.29. The van der Waals surface area contributed by atoms with E-state index in [1.807, 2.05) is 13.8 Å². The molecule has 6 nitrogen and oxygen atoms in total. The van der Waals surface area contributed by atoms with Crippen molar-refractivity contribution in [2.75, 3.05) is 11.4 Å². The first-order chi connectivity index (χ1) is 8.88. The van der Waals surface area contributed by atoms with Crippen molar-refractivity contribution in [1.82, 2.24) is 4.98 Å². The number of carbonyl (C=O) groups excluding carboxylic acids is 1. The average Bonchev–Trinajstić information content (AvgIpc) is 2.34. The van der Waals surface area contributed by atoms with Gasteiger partial charge in [-0.2, -0.15) is 0 Å². The van der Waals surface area contributed by atoms with Gasteiger partial charge in [-0.05, 0) is 31.9 Å². The first-order valence-electron chi connectivity index (χ1n) is 6.12. The summed E-state index contributed by atoms with van der Waals surface area (Å²) in [5.74, 6) is -1.23. The molecular formula is C13H19N3O3. The summed E-state index contributed by atoms with van der Waals surface area (Å²) in [6, 6.07) is 1.63. The Balaban J connectivity index is 3.33. The number of primary amides is 1. The second kappa shape index (κ2) is 6.17. The van der Waals surface area contributed by atoms with Crippen molar-refractivity contribution in [3.05, 3.63) is 23.4 Å². The minimum Gasteiger partial charge on any atom is -0.480 e. The molecule has 0 spiro atoms. The van der Waals surface area contributed by atoms with Crippen molar-refractivity contribution in [3.8, 4) is 0 Å². The van der Waals surface area contributed by atoms with E-state index in [1.165, 1.54) is 0 Å². The van der Waals surface area contributed by atoms with Gasteiger partial charge < -0.3 is 15.7 Å². The largest absolute Gasteiger partial charge is 0.480 e. The van der Waals surface area contributed by atoms with Crippen LogP contribution in [-0.4, -0.2) is 34.6 Å². The minimum absolute atomic E-state index is 0.0523. The number of amides is 1. The summed E-state index contributed by atoms with van der Waals surface area (Å²) in [5, 5.41) is 9.00.